The van der Waals surface area contributed by atoms with Crippen LogP contribution in [0.4, 0.5) is 0 Å². The average Bonchev–Trinajstić information content (AvgIpc) is 2.14. The van der Waals surface area contributed by atoms with Crippen LogP contribution in [-0.4, -0.2) is 0 Å². The van der Waals surface area contributed by atoms with Crippen molar-refractivity contribution >= 4 is 0 Å². The first-order valence-electron chi connectivity index (χ1n) is 4.96. The Morgan fingerprint density at radius 1 is 1.43 bits per heavy atom. The normalized spacial score (nSPS) is 18.4. The van der Waals surface area contributed by atoms with E-state index in [4.69, 9.17) is 11.0 Å². The molecule has 1 aromatic rings. The van der Waals surface area contributed by atoms with Crippen LogP contribution in [0.15, 0.2) is 18.2 Å². The maximum Gasteiger partial charge on any atom is 0.0995 e. The standard InChI is InChI=1S/C12H14N2/c1-9-3-4-10(8-13)11(7-9)12(14)5-2-6-12/h3-4,7H,2,5-6,14H2,1H3. The van der Waals surface area contributed by atoms with Crippen LogP contribution in [0, 0.1) is 18.3 Å². The van der Waals surface area contributed by atoms with Crippen molar-refractivity contribution in [2.75, 3.05) is 0 Å². The van der Waals surface area contributed by atoms with Crippen molar-refractivity contribution in [1.29, 1.82) is 5.26 Å². The molecule has 1 aliphatic rings. The fourth-order valence-corrected chi connectivity index (χ4v) is 1.99. The Kier molecular flexibility index (Phi) is 2.05. The molecule has 2 nitrogen and oxygen atoms in total. The third kappa shape index (κ3) is 1.30. The molecule has 2 heteroatoms. The number of nitriles is 1. The lowest BCUT2D eigenvalue weighted by molar-refractivity contribution is 0.253. The first-order chi connectivity index (χ1) is 6.65. The van der Waals surface area contributed by atoms with E-state index in [1.165, 1.54) is 12.0 Å². The molecule has 1 aromatic carbocycles. The summed E-state index contributed by atoms with van der Waals surface area (Å²) in [6.07, 6.45) is 3.19. The van der Waals surface area contributed by atoms with E-state index in [0.717, 1.165) is 24.0 Å². The summed E-state index contributed by atoms with van der Waals surface area (Å²) in [7, 11) is 0. The number of hydrogen-bond donors (Lipinski definition) is 1. The number of rotatable bonds is 1. The van der Waals surface area contributed by atoms with Crippen LogP contribution in [0.1, 0.15) is 36.0 Å². The predicted octanol–water partition coefficient (Wildman–Crippen LogP) is 2.20. The second kappa shape index (κ2) is 3.11. The van der Waals surface area contributed by atoms with Crippen LogP contribution in [0.25, 0.3) is 0 Å². The summed E-state index contributed by atoms with van der Waals surface area (Å²) in [5, 5.41) is 8.99. The number of nitrogens with zero attached hydrogens (tertiary/aromatic N) is 1. The van der Waals surface area contributed by atoms with Gasteiger partial charge in [-0.05, 0) is 37.8 Å². The van der Waals surface area contributed by atoms with Crippen molar-refractivity contribution in [2.45, 2.75) is 31.7 Å². The summed E-state index contributed by atoms with van der Waals surface area (Å²) < 4.78 is 0. The van der Waals surface area contributed by atoms with E-state index in [9.17, 15) is 0 Å². The molecule has 0 heterocycles. The van der Waals surface area contributed by atoms with E-state index in [1.54, 1.807) is 0 Å². The van der Waals surface area contributed by atoms with Crippen molar-refractivity contribution in [1.82, 2.24) is 0 Å². The van der Waals surface area contributed by atoms with Crippen molar-refractivity contribution in [3.63, 3.8) is 0 Å². The Hall–Kier alpha value is -1.33. The van der Waals surface area contributed by atoms with Crippen molar-refractivity contribution in [3.05, 3.63) is 34.9 Å². The van der Waals surface area contributed by atoms with Crippen molar-refractivity contribution in [3.8, 4) is 6.07 Å². The Bertz CT molecular complexity index is 397. The molecule has 0 aromatic heterocycles. The van der Waals surface area contributed by atoms with Crippen molar-refractivity contribution < 1.29 is 0 Å². The monoisotopic (exact) mass is 186 g/mol. The highest BCUT2D eigenvalue weighted by Gasteiger charge is 2.36. The fourth-order valence-electron chi connectivity index (χ4n) is 1.99. The van der Waals surface area contributed by atoms with Crippen LogP contribution in [0.2, 0.25) is 0 Å². The van der Waals surface area contributed by atoms with Gasteiger partial charge in [0.15, 0.2) is 0 Å². The van der Waals surface area contributed by atoms with Crippen LogP contribution in [0.3, 0.4) is 0 Å². The van der Waals surface area contributed by atoms with Crippen LogP contribution >= 0.6 is 0 Å². The molecular formula is C12H14N2. The van der Waals surface area contributed by atoms with Gasteiger partial charge in [-0.15, -0.1) is 0 Å². The number of hydrogen-bond acceptors (Lipinski definition) is 2. The van der Waals surface area contributed by atoms with Crippen LogP contribution < -0.4 is 5.73 Å². The zero-order valence-corrected chi connectivity index (χ0v) is 8.38. The van der Waals surface area contributed by atoms with Gasteiger partial charge in [-0.3, -0.25) is 0 Å². The molecule has 1 saturated carbocycles. The van der Waals surface area contributed by atoms with Gasteiger partial charge < -0.3 is 5.73 Å². The fraction of sp³-hybridized carbons (Fsp3) is 0.417. The van der Waals surface area contributed by atoms with E-state index in [0.29, 0.717) is 0 Å². The van der Waals surface area contributed by atoms with Crippen LogP contribution in [-0.2, 0) is 5.54 Å². The second-order valence-corrected chi connectivity index (χ2v) is 4.17. The van der Waals surface area contributed by atoms with Crippen molar-refractivity contribution in [2.24, 2.45) is 5.73 Å². The molecule has 0 aliphatic heterocycles. The molecule has 2 rings (SSSR count). The summed E-state index contributed by atoms with van der Waals surface area (Å²) in [5.41, 5.74) is 8.94. The Morgan fingerprint density at radius 2 is 2.14 bits per heavy atom. The highest BCUT2D eigenvalue weighted by Crippen LogP contribution is 2.40. The molecule has 2 N–H and O–H groups in total. The average molecular weight is 186 g/mol. The van der Waals surface area contributed by atoms with Gasteiger partial charge in [0.2, 0.25) is 0 Å². The van der Waals surface area contributed by atoms with E-state index in [1.807, 2.05) is 19.1 Å². The van der Waals surface area contributed by atoms with Gasteiger partial charge in [0, 0.05) is 5.54 Å². The van der Waals surface area contributed by atoms with Gasteiger partial charge in [-0.25, -0.2) is 0 Å². The van der Waals surface area contributed by atoms with Gasteiger partial charge in [0.25, 0.3) is 0 Å². The summed E-state index contributed by atoms with van der Waals surface area (Å²) >= 11 is 0. The minimum absolute atomic E-state index is 0.225. The molecule has 1 fully saturated rings. The SMILES string of the molecule is Cc1ccc(C#N)c(C2(N)CCC2)c1. The molecule has 0 spiro atoms. The van der Waals surface area contributed by atoms with Gasteiger partial charge in [-0.2, -0.15) is 5.26 Å². The van der Waals surface area contributed by atoms with Gasteiger partial charge >= 0.3 is 0 Å². The zero-order valence-electron chi connectivity index (χ0n) is 8.38. The first-order valence-corrected chi connectivity index (χ1v) is 4.96. The van der Waals surface area contributed by atoms with E-state index >= 15 is 0 Å². The number of benzene rings is 1. The Labute approximate surface area is 84.3 Å². The third-order valence-corrected chi connectivity index (χ3v) is 3.08. The maximum atomic E-state index is 8.99. The molecule has 0 amide bonds. The minimum Gasteiger partial charge on any atom is -0.321 e. The van der Waals surface area contributed by atoms with Gasteiger partial charge in [0.1, 0.15) is 0 Å². The lowest BCUT2D eigenvalue weighted by Crippen LogP contribution is -2.43. The molecule has 0 bridgehead atoms. The molecule has 0 saturated heterocycles. The highest BCUT2D eigenvalue weighted by molar-refractivity contribution is 5.45. The molecule has 0 unspecified atom stereocenters. The van der Waals surface area contributed by atoms with E-state index in [-0.39, 0.29) is 5.54 Å². The lowest BCUT2D eigenvalue weighted by atomic mass is 9.71. The van der Waals surface area contributed by atoms with Crippen LogP contribution in [0.5, 0.6) is 0 Å². The zero-order chi connectivity index (χ0) is 10.2. The molecule has 14 heavy (non-hydrogen) atoms. The molecule has 0 atom stereocenters. The third-order valence-electron chi connectivity index (χ3n) is 3.08. The van der Waals surface area contributed by atoms with Gasteiger partial charge in [0.05, 0.1) is 11.6 Å². The molecule has 1 aliphatic carbocycles. The topological polar surface area (TPSA) is 49.8 Å². The largest absolute Gasteiger partial charge is 0.321 e. The Morgan fingerprint density at radius 3 is 2.64 bits per heavy atom. The summed E-state index contributed by atoms with van der Waals surface area (Å²) in [6, 6.07) is 8.11. The molecule has 72 valence electrons. The lowest BCUT2D eigenvalue weighted by Gasteiger charge is -2.39. The minimum atomic E-state index is -0.225. The highest BCUT2D eigenvalue weighted by atomic mass is 14.8. The van der Waals surface area contributed by atoms with E-state index in [2.05, 4.69) is 12.1 Å². The second-order valence-electron chi connectivity index (χ2n) is 4.17. The number of aryl methyl sites for hydroxylation is 1. The summed E-state index contributed by atoms with van der Waals surface area (Å²) in [5.74, 6) is 0. The maximum absolute atomic E-state index is 8.99. The van der Waals surface area contributed by atoms with Gasteiger partial charge in [-0.1, -0.05) is 17.7 Å². The summed E-state index contributed by atoms with van der Waals surface area (Å²) in [4.78, 5) is 0. The predicted molar refractivity (Wildman–Crippen MR) is 55.6 cm³/mol. The number of nitrogens with two attached hydrogens (primary N) is 1. The molecular weight excluding hydrogens is 172 g/mol. The smallest absolute Gasteiger partial charge is 0.0995 e. The molecule has 0 radical (unpaired) electrons. The Balaban J connectivity index is 2.50. The quantitative estimate of drug-likeness (QED) is 0.731. The first kappa shape index (κ1) is 9.23. The van der Waals surface area contributed by atoms with E-state index < -0.39 is 0 Å². The summed E-state index contributed by atoms with van der Waals surface area (Å²) in [6.45, 7) is 2.03.